The summed E-state index contributed by atoms with van der Waals surface area (Å²) in [5.74, 6) is 0.752. The van der Waals surface area contributed by atoms with Gasteiger partial charge in [0.05, 0.1) is 6.10 Å². The van der Waals surface area contributed by atoms with Crippen LogP contribution in [-0.2, 0) is 4.79 Å². The molecule has 0 aromatic carbocycles. The summed E-state index contributed by atoms with van der Waals surface area (Å²) in [6.07, 6.45) is 2.68. The van der Waals surface area contributed by atoms with E-state index in [4.69, 9.17) is 0 Å². The fourth-order valence-corrected chi connectivity index (χ4v) is 2.79. The molecule has 1 aliphatic rings. The van der Waals surface area contributed by atoms with Gasteiger partial charge in [0.2, 0.25) is 5.91 Å². The maximum absolute atomic E-state index is 12.2. The Morgan fingerprint density at radius 2 is 1.85 bits per heavy atom. The number of hydrogen-bond acceptors (Lipinski definition) is 3. The highest BCUT2D eigenvalue weighted by Crippen LogP contribution is 2.21. The Morgan fingerprint density at radius 3 is 2.30 bits per heavy atom. The van der Waals surface area contributed by atoms with Crippen LogP contribution in [0.5, 0.6) is 0 Å². The van der Waals surface area contributed by atoms with Crippen LogP contribution in [0.15, 0.2) is 0 Å². The van der Waals surface area contributed by atoms with Crippen molar-refractivity contribution < 1.29 is 9.90 Å². The minimum Gasteiger partial charge on any atom is -0.393 e. The average molecular weight is 284 g/mol. The van der Waals surface area contributed by atoms with Gasteiger partial charge in [0.25, 0.3) is 0 Å². The minimum absolute atomic E-state index is 0.224. The van der Waals surface area contributed by atoms with Crippen LogP contribution in [0.4, 0.5) is 0 Å². The molecule has 1 aliphatic heterocycles. The molecule has 0 aliphatic carbocycles. The standard InChI is InChI=1S/C16H32N2O2/c1-12(10-13(2)19)11-17-14-6-8-18(9-7-14)15(20)16(3,4)5/h12-14,17,19H,6-11H2,1-5H3. The van der Waals surface area contributed by atoms with Crippen LogP contribution in [-0.4, -0.2) is 47.7 Å². The molecule has 0 saturated carbocycles. The third-order valence-corrected chi connectivity index (χ3v) is 3.92. The lowest BCUT2D eigenvalue weighted by Gasteiger charge is -2.36. The highest BCUT2D eigenvalue weighted by atomic mass is 16.3. The zero-order valence-electron chi connectivity index (χ0n) is 13.8. The minimum atomic E-state index is -0.272. The zero-order valence-corrected chi connectivity index (χ0v) is 13.8. The van der Waals surface area contributed by atoms with E-state index in [9.17, 15) is 9.90 Å². The van der Waals surface area contributed by atoms with Gasteiger partial charge in [0.15, 0.2) is 0 Å². The van der Waals surface area contributed by atoms with Crippen molar-refractivity contribution in [1.82, 2.24) is 10.2 Å². The van der Waals surface area contributed by atoms with Crippen molar-refractivity contribution in [2.45, 2.75) is 66.0 Å². The maximum atomic E-state index is 12.2. The van der Waals surface area contributed by atoms with E-state index >= 15 is 0 Å². The van der Waals surface area contributed by atoms with Crippen molar-refractivity contribution in [2.24, 2.45) is 11.3 Å². The summed E-state index contributed by atoms with van der Waals surface area (Å²) < 4.78 is 0. The van der Waals surface area contributed by atoms with E-state index in [1.54, 1.807) is 0 Å². The highest BCUT2D eigenvalue weighted by molar-refractivity contribution is 5.81. The van der Waals surface area contributed by atoms with E-state index in [2.05, 4.69) is 12.2 Å². The number of aliphatic hydroxyl groups excluding tert-OH is 1. The Kier molecular flexibility index (Phi) is 6.46. The van der Waals surface area contributed by atoms with E-state index in [0.29, 0.717) is 12.0 Å². The van der Waals surface area contributed by atoms with Crippen LogP contribution in [0.3, 0.4) is 0 Å². The van der Waals surface area contributed by atoms with Crippen molar-refractivity contribution in [2.75, 3.05) is 19.6 Å². The summed E-state index contributed by atoms with van der Waals surface area (Å²) >= 11 is 0. The first-order chi connectivity index (χ1) is 9.20. The lowest BCUT2D eigenvalue weighted by atomic mass is 9.93. The second kappa shape index (κ2) is 7.41. The summed E-state index contributed by atoms with van der Waals surface area (Å²) in [5.41, 5.74) is -0.272. The first-order valence-electron chi connectivity index (χ1n) is 7.91. The molecule has 4 nitrogen and oxygen atoms in total. The third kappa shape index (κ3) is 5.80. The number of aliphatic hydroxyl groups is 1. The lowest BCUT2D eigenvalue weighted by molar-refractivity contribution is -0.140. The van der Waals surface area contributed by atoms with Crippen LogP contribution in [0.1, 0.15) is 53.9 Å². The maximum Gasteiger partial charge on any atom is 0.227 e. The number of piperidine rings is 1. The zero-order chi connectivity index (χ0) is 15.3. The molecule has 1 rings (SSSR count). The predicted octanol–water partition coefficient (Wildman–Crippen LogP) is 2.02. The Labute approximate surface area is 123 Å². The SMILES string of the molecule is CC(O)CC(C)CNC1CCN(C(=O)C(C)(C)C)CC1. The van der Waals surface area contributed by atoms with Gasteiger partial charge in [0.1, 0.15) is 0 Å². The monoisotopic (exact) mass is 284 g/mol. The molecule has 20 heavy (non-hydrogen) atoms. The van der Waals surface area contributed by atoms with Crippen molar-refractivity contribution in [3.63, 3.8) is 0 Å². The molecule has 0 bridgehead atoms. The molecule has 1 amide bonds. The summed E-state index contributed by atoms with van der Waals surface area (Å²) in [4.78, 5) is 14.2. The second-order valence-corrected chi connectivity index (χ2v) is 7.41. The molecule has 2 N–H and O–H groups in total. The average Bonchev–Trinajstić information content (AvgIpc) is 2.34. The molecule has 2 atom stereocenters. The molecule has 0 aromatic rings. The van der Waals surface area contributed by atoms with E-state index in [1.807, 2.05) is 32.6 Å². The van der Waals surface area contributed by atoms with Gasteiger partial charge in [0, 0.05) is 24.5 Å². The fourth-order valence-electron chi connectivity index (χ4n) is 2.79. The van der Waals surface area contributed by atoms with Crippen molar-refractivity contribution in [3.8, 4) is 0 Å². The van der Waals surface area contributed by atoms with Gasteiger partial charge in [-0.25, -0.2) is 0 Å². The molecular weight excluding hydrogens is 252 g/mol. The quantitative estimate of drug-likeness (QED) is 0.812. The number of carbonyl (C=O) groups excluding carboxylic acids is 1. The number of hydrogen-bond donors (Lipinski definition) is 2. The normalized spacial score (nSPS) is 20.8. The van der Waals surface area contributed by atoms with Crippen molar-refractivity contribution in [3.05, 3.63) is 0 Å². The summed E-state index contributed by atoms with van der Waals surface area (Å²) in [5, 5.41) is 12.9. The number of nitrogens with one attached hydrogen (secondary N) is 1. The van der Waals surface area contributed by atoms with Crippen LogP contribution >= 0.6 is 0 Å². The van der Waals surface area contributed by atoms with Crippen molar-refractivity contribution in [1.29, 1.82) is 0 Å². The van der Waals surface area contributed by atoms with Gasteiger partial charge in [-0.3, -0.25) is 4.79 Å². The van der Waals surface area contributed by atoms with Crippen molar-refractivity contribution >= 4 is 5.91 Å². The lowest BCUT2D eigenvalue weighted by Crippen LogP contribution is -2.48. The predicted molar refractivity (Wildman–Crippen MR) is 82.5 cm³/mol. The highest BCUT2D eigenvalue weighted by Gasteiger charge is 2.30. The largest absolute Gasteiger partial charge is 0.393 e. The van der Waals surface area contributed by atoms with Gasteiger partial charge in [-0.15, -0.1) is 0 Å². The van der Waals surface area contributed by atoms with Crippen LogP contribution in [0, 0.1) is 11.3 Å². The van der Waals surface area contributed by atoms with Gasteiger partial charge in [-0.2, -0.15) is 0 Å². The Hall–Kier alpha value is -0.610. The molecule has 0 spiro atoms. The van der Waals surface area contributed by atoms with E-state index < -0.39 is 0 Å². The molecule has 4 heteroatoms. The molecule has 118 valence electrons. The molecule has 2 unspecified atom stereocenters. The second-order valence-electron chi connectivity index (χ2n) is 7.41. The van der Waals surface area contributed by atoms with E-state index in [1.165, 1.54) is 0 Å². The Balaban J connectivity index is 2.27. The molecule has 1 heterocycles. The smallest absolute Gasteiger partial charge is 0.227 e. The van der Waals surface area contributed by atoms with E-state index in [-0.39, 0.29) is 17.4 Å². The Morgan fingerprint density at radius 1 is 1.30 bits per heavy atom. The summed E-state index contributed by atoms with van der Waals surface area (Å²) in [6, 6.07) is 0.510. The van der Waals surface area contributed by atoms with Crippen LogP contribution < -0.4 is 5.32 Å². The number of nitrogens with zero attached hydrogens (tertiary/aromatic N) is 1. The van der Waals surface area contributed by atoms with Crippen LogP contribution in [0.25, 0.3) is 0 Å². The van der Waals surface area contributed by atoms with E-state index in [0.717, 1.165) is 38.9 Å². The Bertz CT molecular complexity index is 302. The molecule has 0 radical (unpaired) electrons. The topological polar surface area (TPSA) is 52.6 Å². The number of amides is 1. The third-order valence-electron chi connectivity index (χ3n) is 3.92. The van der Waals surface area contributed by atoms with Gasteiger partial charge >= 0.3 is 0 Å². The molecule has 0 aromatic heterocycles. The number of rotatable bonds is 5. The van der Waals surface area contributed by atoms with Gasteiger partial charge < -0.3 is 15.3 Å². The first-order valence-corrected chi connectivity index (χ1v) is 7.91. The summed E-state index contributed by atoms with van der Waals surface area (Å²) in [7, 11) is 0. The fraction of sp³-hybridized carbons (Fsp3) is 0.938. The molecular formula is C16H32N2O2. The number of likely N-dealkylation sites (tertiary alicyclic amines) is 1. The molecule has 1 saturated heterocycles. The first kappa shape index (κ1) is 17.4. The van der Waals surface area contributed by atoms with Gasteiger partial charge in [-0.05, 0) is 38.6 Å². The van der Waals surface area contributed by atoms with Gasteiger partial charge in [-0.1, -0.05) is 27.7 Å². The van der Waals surface area contributed by atoms with Crippen LogP contribution in [0.2, 0.25) is 0 Å². The number of carbonyl (C=O) groups is 1. The molecule has 1 fully saturated rings. The summed E-state index contributed by atoms with van der Waals surface area (Å²) in [6.45, 7) is 12.6.